The van der Waals surface area contributed by atoms with Crippen molar-refractivity contribution in [1.82, 2.24) is 0 Å². The van der Waals surface area contributed by atoms with Crippen LogP contribution in [0.15, 0.2) is 124 Å². The van der Waals surface area contributed by atoms with E-state index in [-0.39, 0.29) is 5.78 Å². The lowest BCUT2D eigenvalue weighted by molar-refractivity contribution is 0.0792. The Labute approximate surface area is 190 Å². The van der Waals surface area contributed by atoms with Crippen molar-refractivity contribution in [2.75, 3.05) is 0 Å². The third-order valence-corrected chi connectivity index (χ3v) is 5.45. The highest BCUT2D eigenvalue weighted by Gasteiger charge is 2.24. The minimum Gasteiger partial charge on any atom is -0.477 e. The molecule has 0 fully saturated rings. The van der Waals surface area contributed by atoms with Crippen LogP contribution in [0, 0.1) is 0 Å². The Balaban J connectivity index is 1.56. The third kappa shape index (κ3) is 4.32. The summed E-state index contributed by atoms with van der Waals surface area (Å²) in [6.07, 6.45) is -0.838. The van der Waals surface area contributed by atoms with Gasteiger partial charge < -0.3 is 9.15 Å². The first-order chi connectivity index (χ1) is 16.2. The molecule has 4 aromatic carbocycles. The molecule has 0 spiro atoms. The Morgan fingerprint density at radius 1 is 0.727 bits per heavy atom. The van der Waals surface area contributed by atoms with Crippen LogP contribution < -0.4 is 10.4 Å². The predicted octanol–water partition coefficient (Wildman–Crippen LogP) is 6.46. The van der Waals surface area contributed by atoms with Gasteiger partial charge in [0.05, 0.1) is 0 Å². The number of hydrogen-bond donors (Lipinski definition) is 0. The summed E-state index contributed by atoms with van der Waals surface area (Å²) in [7, 11) is 0. The summed E-state index contributed by atoms with van der Waals surface area (Å²) < 4.78 is 11.7. The molecule has 33 heavy (non-hydrogen) atoms. The van der Waals surface area contributed by atoms with E-state index in [1.807, 2.05) is 84.9 Å². The molecule has 0 bridgehead atoms. The Bertz CT molecular complexity index is 1460. The fraction of sp³-hybridized carbons (Fsp3) is 0.0345. The second kappa shape index (κ2) is 8.97. The van der Waals surface area contributed by atoms with Crippen LogP contribution in [0.2, 0.25) is 0 Å². The summed E-state index contributed by atoms with van der Waals surface area (Å²) in [6.45, 7) is 0. The normalized spacial score (nSPS) is 11.8. The smallest absolute Gasteiger partial charge is 0.336 e. The van der Waals surface area contributed by atoms with Gasteiger partial charge in [-0.05, 0) is 23.3 Å². The first kappa shape index (κ1) is 20.5. The molecule has 1 aromatic heterocycles. The van der Waals surface area contributed by atoms with Gasteiger partial charge in [0.2, 0.25) is 5.78 Å². The lowest BCUT2D eigenvalue weighted by Gasteiger charge is -2.19. The highest BCUT2D eigenvalue weighted by Crippen LogP contribution is 2.32. The second-order valence-corrected chi connectivity index (χ2v) is 7.64. The standard InChI is InChI=1S/C29H20O4/c30-27-19-25(20-10-4-1-5-11-20)24-17-16-23(18-26(24)33-27)32-29(22-14-8-3-9-15-22)28(31)21-12-6-2-7-13-21/h1-19,29H. The number of rotatable bonds is 6. The predicted molar refractivity (Wildman–Crippen MR) is 129 cm³/mol. The van der Waals surface area contributed by atoms with Crippen molar-refractivity contribution in [3.05, 3.63) is 137 Å². The number of carbonyl (C=O) groups is 1. The number of Topliss-reactive ketones (excluding diaryl/α,β-unsaturated/α-hetero) is 1. The van der Waals surface area contributed by atoms with Gasteiger partial charge in [0.1, 0.15) is 11.3 Å². The van der Waals surface area contributed by atoms with Crippen LogP contribution in [-0.2, 0) is 0 Å². The monoisotopic (exact) mass is 432 g/mol. The molecule has 0 aliphatic carbocycles. The average molecular weight is 432 g/mol. The van der Waals surface area contributed by atoms with E-state index in [0.29, 0.717) is 16.9 Å². The maximum Gasteiger partial charge on any atom is 0.336 e. The number of hydrogen-bond acceptors (Lipinski definition) is 4. The van der Waals surface area contributed by atoms with Crippen LogP contribution >= 0.6 is 0 Å². The summed E-state index contributed by atoms with van der Waals surface area (Å²) in [5.74, 6) is 0.287. The average Bonchev–Trinajstić information content (AvgIpc) is 2.87. The molecule has 0 amide bonds. The first-order valence-electron chi connectivity index (χ1n) is 10.6. The van der Waals surface area contributed by atoms with E-state index in [2.05, 4.69) is 0 Å². The van der Waals surface area contributed by atoms with E-state index < -0.39 is 11.7 Å². The molecule has 0 aliphatic rings. The molecule has 0 radical (unpaired) electrons. The molecule has 4 nitrogen and oxygen atoms in total. The first-order valence-corrected chi connectivity index (χ1v) is 10.6. The van der Waals surface area contributed by atoms with Crippen LogP contribution in [-0.4, -0.2) is 5.78 Å². The summed E-state index contributed by atoms with van der Waals surface area (Å²) in [5, 5.41) is 0.791. The molecule has 1 atom stereocenters. The summed E-state index contributed by atoms with van der Waals surface area (Å²) in [5.41, 5.74) is 2.96. The van der Waals surface area contributed by atoms with Gasteiger partial charge in [-0.15, -0.1) is 0 Å². The highest BCUT2D eigenvalue weighted by atomic mass is 16.5. The zero-order valence-electron chi connectivity index (χ0n) is 17.7. The number of ketones is 1. The third-order valence-electron chi connectivity index (χ3n) is 5.45. The molecule has 5 aromatic rings. The lowest BCUT2D eigenvalue weighted by Crippen LogP contribution is -2.19. The lowest BCUT2D eigenvalue weighted by atomic mass is 9.99. The number of ether oxygens (including phenoxy) is 1. The quantitative estimate of drug-likeness (QED) is 0.228. The van der Waals surface area contributed by atoms with Gasteiger partial charge in [-0.25, -0.2) is 4.79 Å². The van der Waals surface area contributed by atoms with Gasteiger partial charge in [-0.2, -0.15) is 0 Å². The summed E-state index contributed by atoms with van der Waals surface area (Å²) in [6, 6.07) is 34.9. The molecule has 1 heterocycles. The maximum absolute atomic E-state index is 13.3. The fourth-order valence-corrected chi connectivity index (χ4v) is 3.86. The Hall–Kier alpha value is -4.44. The Kier molecular flexibility index (Phi) is 5.56. The van der Waals surface area contributed by atoms with Gasteiger partial charge >= 0.3 is 5.63 Å². The van der Waals surface area contributed by atoms with E-state index >= 15 is 0 Å². The molecular formula is C29H20O4. The van der Waals surface area contributed by atoms with Crippen molar-refractivity contribution in [2.45, 2.75) is 6.10 Å². The van der Waals surface area contributed by atoms with Crippen molar-refractivity contribution in [1.29, 1.82) is 0 Å². The van der Waals surface area contributed by atoms with Crippen molar-refractivity contribution < 1.29 is 13.9 Å². The van der Waals surface area contributed by atoms with Gasteiger partial charge in [0, 0.05) is 28.6 Å². The van der Waals surface area contributed by atoms with Gasteiger partial charge in [0.15, 0.2) is 6.10 Å². The van der Waals surface area contributed by atoms with Crippen LogP contribution in [0.1, 0.15) is 22.0 Å². The number of carbonyl (C=O) groups excluding carboxylic acids is 1. The number of fused-ring (bicyclic) bond motifs is 1. The van der Waals surface area contributed by atoms with E-state index in [1.165, 1.54) is 6.07 Å². The van der Waals surface area contributed by atoms with E-state index in [1.54, 1.807) is 24.3 Å². The molecule has 4 heteroatoms. The van der Waals surface area contributed by atoms with Crippen LogP contribution in [0.4, 0.5) is 0 Å². The molecule has 0 N–H and O–H groups in total. The minimum atomic E-state index is -0.838. The number of benzene rings is 4. The van der Waals surface area contributed by atoms with Crippen LogP contribution in [0.3, 0.4) is 0 Å². The Morgan fingerprint density at radius 3 is 2.06 bits per heavy atom. The molecule has 1 unspecified atom stereocenters. The summed E-state index contributed by atoms with van der Waals surface area (Å²) >= 11 is 0. The van der Waals surface area contributed by atoms with Gasteiger partial charge in [-0.1, -0.05) is 91.0 Å². The van der Waals surface area contributed by atoms with Crippen molar-refractivity contribution in [3.63, 3.8) is 0 Å². The van der Waals surface area contributed by atoms with E-state index in [4.69, 9.17) is 9.15 Å². The molecule has 0 saturated carbocycles. The van der Waals surface area contributed by atoms with Crippen LogP contribution in [0.25, 0.3) is 22.1 Å². The molecule has 0 saturated heterocycles. The van der Waals surface area contributed by atoms with Crippen molar-refractivity contribution in [2.24, 2.45) is 0 Å². The molecule has 0 aliphatic heterocycles. The maximum atomic E-state index is 13.3. The van der Waals surface area contributed by atoms with Gasteiger partial charge in [-0.3, -0.25) is 4.79 Å². The molecule has 160 valence electrons. The van der Waals surface area contributed by atoms with Crippen molar-refractivity contribution in [3.8, 4) is 16.9 Å². The topological polar surface area (TPSA) is 56.5 Å². The van der Waals surface area contributed by atoms with Crippen molar-refractivity contribution >= 4 is 16.8 Å². The summed E-state index contributed by atoms with van der Waals surface area (Å²) in [4.78, 5) is 25.6. The fourth-order valence-electron chi connectivity index (χ4n) is 3.86. The SMILES string of the molecule is O=C(c1ccccc1)C(Oc1ccc2c(-c3ccccc3)cc(=O)oc2c1)c1ccccc1. The minimum absolute atomic E-state index is 0.151. The Morgan fingerprint density at radius 2 is 1.36 bits per heavy atom. The van der Waals surface area contributed by atoms with Gasteiger partial charge in [0.25, 0.3) is 0 Å². The van der Waals surface area contributed by atoms with E-state index in [9.17, 15) is 9.59 Å². The molecule has 5 rings (SSSR count). The second-order valence-electron chi connectivity index (χ2n) is 7.64. The van der Waals surface area contributed by atoms with E-state index in [0.717, 1.165) is 22.1 Å². The zero-order chi connectivity index (χ0) is 22.6. The molecular weight excluding hydrogens is 412 g/mol. The highest BCUT2D eigenvalue weighted by molar-refractivity contribution is 6.00. The largest absolute Gasteiger partial charge is 0.477 e. The van der Waals surface area contributed by atoms with Crippen LogP contribution in [0.5, 0.6) is 5.75 Å². The zero-order valence-corrected chi connectivity index (χ0v) is 17.7.